The fourth-order valence-corrected chi connectivity index (χ4v) is 3.34. The van der Waals surface area contributed by atoms with E-state index in [1.807, 2.05) is 6.07 Å². The summed E-state index contributed by atoms with van der Waals surface area (Å²) in [5, 5.41) is 17.7. The molecule has 0 atom stereocenters. The lowest BCUT2D eigenvalue weighted by Crippen LogP contribution is -1.90. The standard InChI is InChI=1S/C22H14FNO3S.CH4O/c23-20-8-2-16(3-9-20)1-7-19-13-18(14-25)6-12-22(19)28-15-17-4-10-21(11-5-17)24(26)27;1-2/h2-6,8-14H,15H2;2H,1H3. The van der Waals surface area contributed by atoms with Crippen LogP contribution in [0.4, 0.5) is 10.1 Å². The highest BCUT2D eigenvalue weighted by Gasteiger charge is 2.07. The van der Waals surface area contributed by atoms with Crippen molar-refractivity contribution in [2.45, 2.75) is 10.6 Å². The summed E-state index contributed by atoms with van der Waals surface area (Å²) in [6, 6.07) is 17.5. The quantitative estimate of drug-likeness (QED) is 0.209. The summed E-state index contributed by atoms with van der Waals surface area (Å²) in [6.07, 6.45) is 0.758. The summed E-state index contributed by atoms with van der Waals surface area (Å²) in [7, 11) is 1.00. The van der Waals surface area contributed by atoms with Crippen LogP contribution in [0.25, 0.3) is 0 Å². The van der Waals surface area contributed by atoms with E-state index in [4.69, 9.17) is 5.11 Å². The SMILES string of the molecule is CO.O=Cc1ccc(SCc2ccc([N+](=O)[O-])cc2)c(C#Cc2ccc(F)cc2)c1. The molecule has 0 aliphatic carbocycles. The monoisotopic (exact) mass is 423 g/mol. The van der Waals surface area contributed by atoms with Crippen molar-refractivity contribution in [3.05, 3.63) is 105 Å². The number of nitrogens with zero attached hydrogens (tertiary/aromatic N) is 1. The molecule has 3 aromatic carbocycles. The average molecular weight is 423 g/mol. The Balaban J connectivity index is 0.00000155. The van der Waals surface area contributed by atoms with E-state index in [0.717, 1.165) is 23.9 Å². The van der Waals surface area contributed by atoms with Gasteiger partial charge in [-0.2, -0.15) is 0 Å². The maximum atomic E-state index is 13.0. The predicted octanol–water partition coefficient (Wildman–Crippen LogP) is 4.85. The summed E-state index contributed by atoms with van der Waals surface area (Å²) in [5.74, 6) is 6.29. The Morgan fingerprint density at radius 3 is 2.30 bits per heavy atom. The van der Waals surface area contributed by atoms with Gasteiger partial charge in [-0.05, 0) is 42.0 Å². The number of carbonyl (C=O) groups excluding carboxylic acids is 1. The topological polar surface area (TPSA) is 80.4 Å². The predicted molar refractivity (Wildman–Crippen MR) is 115 cm³/mol. The Hall–Kier alpha value is -3.47. The van der Waals surface area contributed by atoms with Crippen molar-refractivity contribution < 1.29 is 19.2 Å². The third kappa shape index (κ3) is 6.55. The van der Waals surface area contributed by atoms with E-state index in [1.54, 1.807) is 36.4 Å². The number of halogens is 1. The van der Waals surface area contributed by atoms with Crippen LogP contribution in [-0.2, 0) is 5.75 Å². The van der Waals surface area contributed by atoms with Crippen LogP contribution < -0.4 is 0 Å². The zero-order valence-electron chi connectivity index (χ0n) is 16.0. The van der Waals surface area contributed by atoms with Crippen molar-refractivity contribution in [1.82, 2.24) is 0 Å². The number of thioether (sulfide) groups is 1. The number of aldehydes is 1. The molecule has 0 aliphatic heterocycles. The van der Waals surface area contributed by atoms with Crippen molar-refractivity contribution in [3.8, 4) is 11.8 Å². The van der Waals surface area contributed by atoms with Crippen LogP contribution in [0, 0.1) is 27.8 Å². The fourth-order valence-electron chi connectivity index (χ4n) is 2.39. The number of aliphatic hydroxyl groups is 1. The molecule has 152 valence electrons. The summed E-state index contributed by atoms with van der Waals surface area (Å²) in [5.41, 5.74) is 2.87. The van der Waals surface area contributed by atoms with Crippen LogP contribution >= 0.6 is 11.8 Å². The molecule has 0 aliphatic rings. The first-order valence-corrected chi connectivity index (χ1v) is 9.71. The summed E-state index contributed by atoms with van der Waals surface area (Å²) >= 11 is 1.52. The lowest BCUT2D eigenvalue weighted by molar-refractivity contribution is -0.384. The summed E-state index contributed by atoms with van der Waals surface area (Å²) < 4.78 is 13.0. The highest BCUT2D eigenvalue weighted by atomic mass is 32.2. The zero-order valence-corrected chi connectivity index (χ0v) is 16.9. The van der Waals surface area contributed by atoms with Gasteiger partial charge < -0.3 is 5.11 Å². The minimum atomic E-state index is -0.432. The molecule has 0 aromatic heterocycles. The molecule has 0 amide bonds. The first-order chi connectivity index (χ1) is 14.5. The molecule has 5 nitrogen and oxygen atoms in total. The third-order valence-electron chi connectivity index (χ3n) is 3.87. The molecule has 1 N–H and O–H groups in total. The second-order valence-corrected chi connectivity index (χ2v) is 6.86. The van der Waals surface area contributed by atoms with Gasteiger partial charge in [-0.1, -0.05) is 30.0 Å². The molecule has 30 heavy (non-hydrogen) atoms. The van der Waals surface area contributed by atoms with Crippen molar-refractivity contribution in [2.75, 3.05) is 7.11 Å². The Bertz CT molecular complexity index is 1070. The molecule has 0 heterocycles. The number of non-ortho nitro benzene ring substituents is 1. The Morgan fingerprint density at radius 2 is 1.70 bits per heavy atom. The van der Waals surface area contributed by atoms with E-state index < -0.39 is 4.92 Å². The van der Waals surface area contributed by atoms with Crippen LogP contribution in [0.2, 0.25) is 0 Å². The number of aliphatic hydroxyl groups excluding tert-OH is 1. The number of benzene rings is 3. The van der Waals surface area contributed by atoms with Crippen molar-refractivity contribution in [2.24, 2.45) is 0 Å². The van der Waals surface area contributed by atoms with Gasteiger partial charge in [0.05, 0.1) is 4.92 Å². The second-order valence-electron chi connectivity index (χ2n) is 5.84. The molecular formula is C23H18FNO4S. The number of rotatable bonds is 5. The van der Waals surface area contributed by atoms with Gasteiger partial charge in [0.1, 0.15) is 12.1 Å². The molecule has 0 unspecified atom stereocenters. The third-order valence-corrected chi connectivity index (χ3v) is 5.01. The van der Waals surface area contributed by atoms with E-state index in [2.05, 4.69) is 11.8 Å². The van der Waals surface area contributed by atoms with Crippen LogP contribution in [0.15, 0.2) is 71.6 Å². The fraction of sp³-hybridized carbons (Fsp3) is 0.0870. The second kappa shape index (κ2) is 11.5. The van der Waals surface area contributed by atoms with E-state index in [0.29, 0.717) is 22.4 Å². The molecule has 0 spiro atoms. The highest BCUT2D eigenvalue weighted by molar-refractivity contribution is 7.98. The number of hydrogen-bond donors (Lipinski definition) is 1. The number of nitro benzene ring substituents is 1. The van der Waals surface area contributed by atoms with Crippen molar-refractivity contribution in [3.63, 3.8) is 0 Å². The lowest BCUT2D eigenvalue weighted by atomic mass is 10.1. The Morgan fingerprint density at radius 1 is 1.03 bits per heavy atom. The zero-order chi connectivity index (χ0) is 21.9. The van der Waals surface area contributed by atoms with Crippen LogP contribution in [0.1, 0.15) is 27.0 Å². The maximum Gasteiger partial charge on any atom is 0.269 e. The molecule has 0 bridgehead atoms. The van der Waals surface area contributed by atoms with Gasteiger partial charge >= 0.3 is 0 Å². The molecule has 0 radical (unpaired) electrons. The van der Waals surface area contributed by atoms with Crippen LogP contribution in [0.3, 0.4) is 0 Å². The van der Waals surface area contributed by atoms with Gasteiger partial charge in [-0.15, -0.1) is 11.8 Å². The first kappa shape index (κ1) is 22.8. The van der Waals surface area contributed by atoms with Gasteiger partial charge in [0.2, 0.25) is 0 Å². The minimum Gasteiger partial charge on any atom is -0.400 e. The molecule has 7 heteroatoms. The van der Waals surface area contributed by atoms with Gasteiger partial charge in [0.15, 0.2) is 0 Å². The summed E-state index contributed by atoms with van der Waals surface area (Å²) in [4.78, 5) is 22.3. The van der Waals surface area contributed by atoms with Crippen LogP contribution in [0.5, 0.6) is 0 Å². The Kier molecular flexibility index (Phi) is 8.75. The smallest absolute Gasteiger partial charge is 0.269 e. The maximum absolute atomic E-state index is 13.0. The van der Waals surface area contributed by atoms with Crippen LogP contribution in [-0.4, -0.2) is 23.4 Å². The van der Waals surface area contributed by atoms with Gasteiger partial charge in [0, 0.05) is 46.6 Å². The highest BCUT2D eigenvalue weighted by Crippen LogP contribution is 2.27. The van der Waals surface area contributed by atoms with Crippen molar-refractivity contribution >= 4 is 23.7 Å². The largest absolute Gasteiger partial charge is 0.400 e. The number of carbonyl (C=O) groups is 1. The normalized spacial score (nSPS) is 9.57. The Labute approximate surface area is 177 Å². The van der Waals surface area contributed by atoms with Gasteiger partial charge in [-0.3, -0.25) is 14.9 Å². The van der Waals surface area contributed by atoms with E-state index in [-0.39, 0.29) is 11.5 Å². The van der Waals surface area contributed by atoms with Gasteiger partial charge in [0.25, 0.3) is 5.69 Å². The van der Waals surface area contributed by atoms with Crippen molar-refractivity contribution in [1.29, 1.82) is 0 Å². The molecule has 0 saturated heterocycles. The first-order valence-electron chi connectivity index (χ1n) is 8.73. The number of nitro groups is 1. The minimum absolute atomic E-state index is 0.0509. The molecular weight excluding hydrogens is 405 g/mol. The number of hydrogen-bond acceptors (Lipinski definition) is 5. The molecule has 0 fully saturated rings. The molecule has 0 saturated carbocycles. The van der Waals surface area contributed by atoms with E-state index in [9.17, 15) is 19.3 Å². The summed E-state index contributed by atoms with van der Waals surface area (Å²) in [6.45, 7) is 0. The van der Waals surface area contributed by atoms with Gasteiger partial charge in [-0.25, -0.2) is 4.39 Å². The van der Waals surface area contributed by atoms with E-state index >= 15 is 0 Å². The molecule has 3 rings (SSSR count). The van der Waals surface area contributed by atoms with E-state index in [1.165, 1.54) is 36.0 Å². The molecule has 3 aromatic rings. The average Bonchev–Trinajstić information content (AvgIpc) is 2.79. The lowest BCUT2D eigenvalue weighted by Gasteiger charge is -2.06.